The summed E-state index contributed by atoms with van der Waals surface area (Å²) in [5, 5.41) is 17.4. The van der Waals surface area contributed by atoms with E-state index in [-0.39, 0.29) is 37.7 Å². The van der Waals surface area contributed by atoms with E-state index in [0.29, 0.717) is 6.42 Å². The molecule has 14 heavy (non-hydrogen) atoms. The van der Waals surface area contributed by atoms with E-state index in [0.717, 1.165) is 12.8 Å². The number of hydrogen-bond donors (Lipinski definition) is 2. The van der Waals surface area contributed by atoms with Crippen molar-refractivity contribution in [2.24, 2.45) is 11.8 Å². The molecule has 0 saturated carbocycles. The van der Waals surface area contributed by atoms with Gasteiger partial charge >= 0.3 is 11.9 Å². The molecule has 78 valence electrons. The molecular formula is C9H16CaO4. The van der Waals surface area contributed by atoms with Crippen LogP contribution in [-0.4, -0.2) is 59.9 Å². The predicted octanol–water partition coefficient (Wildman–Crippen LogP) is 1.22. The number of aliphatic carboxylic acids is 2. The summed E-state index contributed by atoms with van der Waals surface area (Å²) in [6.07, 6.45) is 2.09. The van der Waals surface area contributed by atoms with Gasteiger partial charge in [-0.05, 0) is 6.42 Å². The van der Waals surface area contributed by atoms with Crippen LogP contribution in [-0.2, 0) is 9.59 Å². The largest absolute Gasteiger partial charge is 0.481 e. The van der Waals surface area contributed by atoms with Gasteiger partial charge in [0.15, 0.2) is 0 Å². The molecule has 0 rings (SSSR count). The molecule has 2 N–H and O–H groups in total. The molecule has 0 spiro atoms. The molecule has 0 aromatic carbocycles. The minimum Gasteiger partial charge on any atom is -0.481 e. The van der Waals surface area contributed by atoms with Gasteiger partial charge in [-0.15, -0.1) is 0 Å². The Labute approximate surface area is 114 Å². The van der Waals surface area contributed by atoms with Crippen LogP contribution in [0.4, 0.5) is 0 Å². The first-order chi connectivity index (χ1) is 6.00. The van der Waals surface area contributed by atoms with Gasteiger partial charge < -0.3 is 10.2 Å². The van der Waals surface area contributed by atoms with Crippen LogP contribution in [0.5, 0.6) is 0 Å². The van der Waals surface area contributed by atoms with Crippen molar-refractivity contribution in [3.8, 4) is 0 Å². The van der Waals surface area contributed by atoms with Crippen LogP contribution < -0.4 is 0 Å². The van der Waals surface area contributed by atoms with E-state index in [1.807, 2.05) is 6.92 Å². The monoisotopic (exact) mass is 228 g/mol. The van der Waals surface area contributed by atoms with Gasteiger partial charge in [0.25, 0.3) is 0 Å². The maximum Gasteiger partial charge on any atom is 0.307 e. The van der Waals surface area contributed by atoms with E-state index in [9.17, 15) is 9.59 Å². The van der Waals surface area contributed by atoms with Crippen molar-refractivity contribution in [2.75, 3.05) is 0 Å². The molecule has 0 bridgehead atoms. The van der Waals surface area contributed by atoms with Gasteiger partial charge in [-0.1, -0.05) is 26.7 Å². The summed E-state index contributed by atoms with van der Waals surface area (Å²) in [5.41, 5.74) is 0. The molecule has 5 heteroatoms. The second-order valence-electron chi connectivity index (χ2n) is 3.21. The second kappa shape index (κ2) is 8.50. The molecule has 0 saturated heterocycles. The van der Waals surface area contributed by atoms with Gasteiger partial charge in [-0.2, -0.15) is 0 Å². The predicted molar refractivity (Wildman–Crippen MR) is 53.2 cm³/mol. The van der Waals surface area contributed by atoms with Gasteiger partial charge in [-0.25, -0.2) is 0 Å². The molecule has 0 aliphatic rings. The Hall–Kier alpha value is 0.200. The number of rotatable bonds is 6. The third-order valence-corrected chi connectivity index (χ3v) is 2.18. The summed E-state index contributed by atoms with van der Waals surface area (Å²) in [5.74, 6) is -3.60. The van der Waals surface area contributed by atoms with E-state index in [1.165, 1.54) is 6.92 Å². The minimum atomic E-state index is -1.04. The van der Waals surface area contributed by atoms with Crippen LogP contribution in [0, 0.1) is 11.8 Å². The first-order valence-corrected chi connectivity index (χ1v) is 4.46. The Kier molecular flexibility index (Phi) is 10.1. The van der Waals surface area contributed by atoms with Crippen molar-refractivity contribution in [3.05, 3.63) is 0 Å². The molecule has 0 heterocycles. The SMILES string of the molecule is CCCCC(C(=O)O)C(C)C(=O)O.[Ca]. The summed E-state index contributed by atoms with van der Waals surface area (Å²) >= 11 is 0. The molecule has 0 fully saturated rings. The Morgan fingerprint density at radius 2 is 1.71 bits per heavy atom. The fourth-order valence-corrected chi connectivity index (χ4v) is 1.18. The number of hydrogen-bond acceptors (Lipinski definition) is 2. The fourth-order valence-electron chi connectivity index (χ4n) is 1.18. The van der Waals surface area contributed by atoms with Gasteiger partial charge in [-0.3, -0.25) is 9.59 Å². The summed E-state index contributed by atoms with van der Waals surface area (Å²) < 4.78 is 0. The molecule has 0 aliphatic heterocycles. The Balaban J connectivity index is 0. The van der Waals surface area contributed by atoms with Crippen molar-refractivity contribution >= 4 is 49.7 Å². The zero-order valence-electron chi connectivity index (χ0n) is 8.69. The van der Waals surface area contributed by atoms with Gasteiger partial charge in [0.05, 0.1) is 11.8 Å². The quantitative estimate of drug-likeness (QED) is 0.670. The summed E-state index contributed by atoms with van der Waals surface area (Å²) in [7, 11) is 0. The third kappa shape index (κ3) is 5.83. The van der Waals surface area contributed by atoms with Crippen LogP contribution in [0.3, 0.4) is 0 Å². The molecule has 0 amide bonds. The van der Waals surface area contributed by atoms with Crippen LogP contribution in [0.25, 0.3) is 0 Å². The van der Waals surface area contributed by atoms with Gasteiger partial charge in [0.1, 0.15) is 0 Å². The number of carboxylic acids is 2. The summed E-state index contributed by atoms with van der Waals surface area (Å²) in [6, 6.07) is 0. The zero-order chi connectivity index (χ0) is 10.4. The fraction of sp³-hybridized carbons (Fsp3) is 0.778. The van der Waals surface area contributed by atoms with E-state index >= 15 is 0 Å². The molecule has 2 atom stereocenters. The first-order valence-electron chi connectivity index (χ1n) is 4.46. The number of unbranched alkanes of at least 4 members (excludes halogenated alkanes) is 1. The molecule has 0 aliphatic carbocycles. The van der Waals surface area contributed by atoms with E-state index in [4.69, 9.17) is 10.2 Å². The summed E-state index contributed by atoms with van der Waals surface area (Å²) in [4.78, 5) is 21.2. The third-order valence-electron chi connectivity index (χ3n) is 2.18. The second-order valence-corrected chi connectivity index (χ2v) is 3.21. The molecule has 2 radical (unpaired) electrons. The van der Waals surface area contributed by atoms with Crippen molar-refractivity contribution in [2.45, 2.75) is 33.1 Å². The zero-order valence-corrected chi connectivity index (χ0v) is 10.9. The Bertz CT molecular complexity index is 193. The Morgan fingerprint density at radius 1 is 1.21 bits per heavy atom. The number of carbonyl (C=O) groups is 2. The standard InChI is InChI=1S/C9H16O4.Ca/c1-3-4-5-7(9(12)13)6(2)8(10)11;/h6-7H,3-5H2,1-2H3,(H,10,11)(H,12,13);. The molecule has 0 aromatic heterocycles. The Morgan fingerprint density at radius 3 is 2.00 bits per heavy atom. The molecule has 4 nitrogen and oxygen atoms in total. The van der Waals surface area contributed by atoms with Crippen molar-refractivity contribution in [1.82, 2.24) is 0 Å². The maximum atomic E-state index is 10.7. The normalized spacial score (nSPS) is 13.9. The average molecular weight is 228 g/mol. The molecule has 2 unspecified atom stereocenters. The maximum absolute atomic E-state index is 10.7. The van der Waals surface area contributed by atoms with E-state index in [2.05, 4.69) is 0 Å². The van der Waals surface area contributed by atoms with Gasteiger partial charge in [0.2, 0.25) is 0 Å². The molecular weight excluding hydrogens is 212 g/mol. The minimum absolute atomic E-state index is 0. The topological polar surface area (TPSA) is 74.6 Å². The summed E-state index contributed by atoms with van der Waals surface area (Å²) in [6.45, 7) is 3.39. The van der Waals surface area contributed by atoms with Crippen molar-refractivity contribution < 1.29 is 19.8 Å². The van der Waals surface area contributed by atoms with Crippen LogP contribution in [0.15, 0.2) is 0 Å². The van der Waals surface area contributed by atoms with Crippen molar-refractivity contribution in [1.29, 1.82) is 0 Å². The average Bonchev–Trinajstić information content (AvgIpc) is 2.04. The smallest absolute Gasteiger partial charge is 0.307 e. The number of carboxylic acid groups (broad SMARTS) is 2. The van der Waals surface area contributed by atoms with Crippen LogP contribution in [0.1, 0.15) is 33.1 Å². The first kappa shape index (κ1) is 16.6. The van der Waals surface area contributed by atoms with E-state index < -0.39 is 23.8 Å². The van der Waals surface area contributed by atoms with Gasteiger partial charge in [0, 0.05) is 37.7 Å². The molecule has 0 aromatic rings. The van der Waals surface area contributed by atoms with Crippen LogP contribution in [0.2, 0.25) is 0 Å². The van der Waals surface area contributed by atoms with Crippen molar-refractivity contribution in [3.63, 3.8) is 0 Å². The van der Waals surface area contributed by atoms with E-state index in [1.54, 1.807) is 0 Å². The van der Waals surface area contributed by atoms with Crippen LogP contribution >= 0.6 is 0 Å².